The molecule has 0 atom stereocenters. The van der Waals surface area contributed by atoms with E-state index in [0.29, 0.717) is 11.5 Å². The summed E-state index contributed by atoms with van der Waals surface area (Å²) < 4.78 is 12.2. The summed E-state index contributed by atoms with van der Waals surface area (Å²) >= 11 is 6.57. The number of nitrogens with zero attached hydrogens (tertiary/aromatic N) is 4. The summed E-state index contributed by atoms with van der Waals surface area (Å²) in [7, 11) is 0. The first kappa shape index (κ1) is 19.8. The fourth-order valence-corrected chi connectivity index (χ4v) is 3.39. The van der Waals surface area contributed by atoms with Crippen LogP contribution in [0, 0.1) is 13.8 Å². The molecule has 0 aliphatic carbocycles. The van der Waals surface area contributed by atoms with Gasteiger partial charge in [0.2, 0.25) is 5.82 Å². The first-order valence-electron chi connectivity index (χ1n) is 9.42. The van der Waals surface area contributed by atoms with E-state index in [-0.39, 0.29) is 23.2 Å². The van der Waals surface area contributed by atoms with Gasteiger partial charge in [-0.2, -0.15) is 10.1 Å². The van der Waals surface area contributed by atoms with E-state index in [1.54, 1.807) is 6.92 Å². The second-order valence-corrected chi connectivity index (χ2v) is 7.10. The number of para-hydroxylation sites is 1. The van der Waals surface area contributed by atoms with Gasteiger partial charge in [-0.25, -0.2) is 9.48 Å². The highest BCUT2D eigenvalue weighted by atomic mass is 35.5. The second-order valence-electron chi connectivity index (χ2n) is 6.72. The van der Waals surface area contributed by atoms with E-state index in [2.05, 4.69) is 15.2 Å². The maximum atomic E-state index is 12.4. The number of rotatable bonds is 5. The highest BCUT2D eigenvalue weighted by molar-refractivity contribution is 6.35. The lowest BCUT2D eigenvalue weighted by atomic mass is 10.1. The number of esters is 1. The fraction of sp³-hybridized carbons (Fsp3) is 0.182. The SMILES string of the molecule is CCOC(=O)c1nn(-c2ccccc2C)c(-c2nc(-c3cccc(C)c3)no2)c1Cl. The van der Waals surface area contributed by atoms with E-state index >= 15 is 0 Å². The first-order valence-corrected chi connectivity index (χ1v) is 9.80. The molecule has 0 saturated carbocycles. The number of benzene rings is 2. The van der Waals surface area contributed by atoms with Gasteiger partial charge in [0.15, 0.2) is 11.4 Å². The minimum absolute atomic E-state index is 0.00734. The van der Waals surface area contributed by atoms with Gasteiger partial charge in [0.25, 0.3) is 5.89 Å². The van der Waals surface area contributed by atoms with Gasteiger partial charge in [-0.15, -0.1) is 0 Å². The number of aromatic nitrogens is 4. The lowest BCUT2D eigenvalue weighted by molar-refractivity contribution is 0.0519. The van der Waals surface area contributed by atoms with Gasteiger partial charge >= 0.3 is 5.97 Å². The Morgan fingerprint density at radius 1 is 1.17 bits per heavy atom. The van der Waals surface area contributed by atoms with Crippen LogP contribution in [0.2, 0.25) is 5.02 Å². The molecule has 0 bridgehead atoms. The number of hydrogen-bond acceptors (Lipinski definition) is 6. The average Bonchev–Trinajstić information content (AvgIpc) is 3.33. The Balaban J connectivity index is 1.89. The predicted molar refractivity (Wildman–Crippen MR) is 113 cm³/mol. The van der Waals surface area contributed by atoms with Crippen LogP contribution < -0.4 is 0 Å². The Morgan fingerprint density at radius 3 is 2.70 bits per heavy atom. The molecule has 4 rings (SSSR count). The summed E-state index contributed by atoms with van der Waals surface area (Å²) in [4.78, 5) is 16.9. The van der Waals surface area contributed by atoms with Crippen LogP contribution in [0.4, 0.5) is 0 Å². The van der Waals surface area contributed by atoms with Crippen LogP contribution in [-0.4, -0.2) is 32.5 Å². The molecule has 0 aliphatic rings. The third-order valence-electron chi connectivity index (χ3n) is 4.54. The van der Waals surface area contributed by atoms with Crippen molar-refractivity contribution in [1.29, 1.82) is 0 Å². The fourth-order valence-electron chi connectivity index (χ4n) is 3.11. The summed E-state index contributed by atoms with van der Waals surface area (Å²) in [6.45, 7) is 5.85. The Morgan fingerprint density at radius 2 is 1.97 bits per heavy atom. The molecule has 7 nitrogen and oxygen atoms in total. The third-order valence-corrected chi connectivity index (χ3v) is 4.90. The molecule has 30 heavy (non-hydrogen) atoms. The molecular formula is C22H19ClN4O3. The van der Waals surface area contributed by atoms with Crippen LogP contribution in [0.15, 0.2) is 53.1 Å². The van der Waals surface area contributed by atoms with Crippen LogP contribution in [0.5, 0.6) is 0 Å². The molecule has 0 fully saturated rings. The molecule has 8 heteroatoms. The summed E-state index contributed by atoms with van der Waals surface area (Å²) in [6, 6.07) is 15.4. The topological polar surface area (TPSA) is 83.0 Å². The zero-order valence-corrected chi connectivity index (χ0v) is 17.5. The van der Waals surface area contributed by atoms with Crippen molar-refractivity contribution in [3.63, 3.8) is 0 Å². The summed E-state index contributed by atoms with van der Waals surface area (Å²) in [6.07, 6.45) is 0. The van der Waals surface area contributed by atoms with E-state index in [1.807, 2.05) is 62.4 Å². The Hall–Kier alpha value is -3.45. The smallest absolute Gasteiger partial charge is 0.360 e. The molecule has 0 N–H and O–H groups in total. The molecule has 0 aliphatic heterocycles. The number of carbonyl (C=O) groups is 1. The summed E-state index contributed by atoms with van der Waals surface area (Å²) in [5, 5.41) is 8.60. The largest absolute Gasteiger partial charge is 0.461 e. The predicted octanol–water partition coefficient (Wildman–Crippen LogP) is 5.04. The van der Waals surface area contributed by atoms with Crippen LogP contribution in [-0.2, 0) is 4.74 Å². The van der Waals surface area contributed by atoms with Crippen molar-refractivity contribution in [1.82, 2.24) is 19.9 Å². The van der Waals surface area contributed by atoms with Crippen molar-refractivity contribution in [3.05, 3.63) is 70.4 Å². The van der Waals surface area contributed by atoms with Crippen LogP contribution >= 0.6 is 11.6 Å². The van der Waals surface area contributed by atoms with Crippen molar-refractivity contribution in [2.24, 2.45) is 0 Å². The number of halogens is 1. The number of hydrogen-bond donors (Lipinski definition) is 0. The average molecular weight is 423 g/mol. The van der Waals surface area contributed by atoms with Gasteiger partial charge in [-0.3, -0.25) is 0 Å². The standard InChI is InChI=1S/C22H19ClN4O3/c1-4-29-22(28)18-17(23)19(27(25-18)16-11-6-5-9-14(16)3)21-24-20(26-30-21)15-10-7-8-13(2)12-15/h5-12H,4H2,1-3H3. The Labute approximate surface area is 178 Å². The molecule has 0 spiro atoms. The maximum Gasteiger partial charge on any atom is 0.360 e. The quantitative estimate of drug-likeness (QED) is 0.419. The van der Waals surface area contributed by atoms with Gasteiger partial charge in [0.1, 0.15) is 5.02 Å². The molecule has 0 saturated heterocycles. The molecule has 4 aromatic rings. The zero-order chi connectivity index (χ0) is 21.3. The van der Waals surface area contributed by atoms with Crippen molar-refractivity contribution in [2.45, 2.75) is 20.8 Å². The molecule has 0 radical (unpaired) electrons. The van der Waals surface area contributed by atoms with E-state index in [0.717, 1.165) is 22.4 Å². The van der Waals surface area contributed by atoms with Crippen molar-refractivity contribution < 1.29 is 14.1 Å². The minimum Gasteiger partial charge on any atom is -0.461 e. The minimum atomic E-state index is -0.616. The maximum absolute atomic E-state index is 12.4. The van der Waals surface area contributed by atoms with Crippen molar-refractivity contribution in [2.75, 3.05) is 6.61 Å². The molecular weight excluding hydrogens is 404 g/mol. The van der Waals surface area contributed by atoms with Gasteiger partial charge < -0.3 is 9.26 Å². The van der Waals surface area contributed by atoms with Crippen molar-refractivity contribution >= 4 is 17.6 Å². The molecule has 0 unspecified atom stereocenters. The normalized spacial score (nSPS) is 10.9. The van der Waals surface area contributed by atoms with Gasteiger partial charge in [-0.05, 0) is 38.5 Å². The van der Waals surface area contributed by atoms with Gasteiger partial charge in [0, 0.05) is 5.56 Å². The van der Waals surface area contributed by atoms with E-state index in [9.17, 15) is 4.79 Å². The number of ether oxygens (including phenoxy) is 1. The summed E-state index contributed by atoms with van der Waals surface area (Å²) in [5.41, 5.74) is 3.89. The lowest BCUT2D eigenvalue weighted by Crippen LogP contribution is -2.07. The van der Waals surface area contributed by atoms with Crippen LogP contribution in [0.25, 0.3) is 28.7 Å². The molecule has 2 aromatic heterocycles. The number of carbonyl (C=O) groups excluding carboxylic acids is 1. The van der Waals surface area contributed by atoms with Gasteiger partial charge in [0.05, 0.1) is 12.3 Å². The molecule has 152 valence electrons. The molecule has 0 amide bonds. The summed E-state index contributed by atoms with van der Waals surface area (Å²) in [5.74, 6) is -0.0442. The highest BCUT2D eigenvalue weighted by Gasteiger charge is 2.28. The Kier molecular flexibility index (Phi) is 5.37. The highest BCUT2D eigenvalue weighted by Crippen LogP contribution is 2.34. The third kappa shape index (κ3) is 3.59. The molecule has 2 heterocycles. The van der Waals surface area contributed by atoms with Crippen LogP contribution in [0.1, 0.15) is 28.5 Å². The van der Waals surface area contributed by atoms with Gasteiger partial charge in [-0.1, -0.05) is 58.7 Å². The zero-order valence-electron chi connectivity index (χ0n) is 16.7. The number of aryl methyl sites for hydroxylation is 2. The first-order chi connectivity index (χ1) is 14.5. The van der Waals surface area contributed by atoms with E-state index < -0.39 is 5.97 Å². The van der Waals surface area contributed by atoms with E-state index in [1.165, 1.54) is 4.68 Å². The van der Waals surface area contributed by atoms with Crippen molar-refractivity contribution in [3.8, 4) is 28.7 Å². The van der Waals surface area contributed by atoms with E-state index in [4.69, 9.17) is 20.9 Å². The Bertz CT molecular complexity index is 1230. The van der Waals surface area contributed by atoms with Crippen LogP contribution in [0.3, 0.4) is 0 Å². The second kappa shape index (κ2) is 8.12. The lowest BCUT2D eigenvalue weighted by Gasteiger charge is -2.07. The monoisotopic (exact) mass is 422 g/mol. The molecule has 2 aromatic carbocycles.